The third-order valence-corrected chi connectivity index (χ3v) is 17.7. The Balaban J connectivity index is 1.03. The summed E-state index contributed by atoms with van der Waals surface area (Å²) in [6, 6.07) is 51.1. The Morgan fingerprint density at radius 1 is 0.623 bits per heavy atom. The summed E-state index contributed by atoms with van der Waals surface area (Å²) >= 11 is 0. The van der Waals surface area contributed by atoms with Crippen molar-refractivity contribution in [1.29, 1.82) is 0 Å². The molecule has 0 heterocycles. The topological polar surface area (TPSA) is 3.24 Å². The molecule has 0 N–H and O–H groups in total. The molecule has 1 unspecified atom stereocenters. The van der Waals surface area contributed by atoms with Crippen molar-refractivity contribution in [3.63, 3.8) is 0 Å². The summed E-state index contributed by atoms with van der Waals surface area (Å²) in [6.07, 6.45) is 15.4. The van der Waals surface area contributed by atoms with Crippen LogP contribution in [0.2, 0.25) is 26.2 Å². The van der Waals surface area contributed by atoms with Crippen LogP contribution in [0.1, 0.15) is 87.6 Å². The predicted molar refractivity (Wildman–Crippen MR) is 269 cm³/mol. The number of hydrogen-bond donors (Lipinski definition) is 0. The molecule has 0 saturated heterocycles. The molecule has 0 amide bonds. The first-order chi connectivity index (χ1) is 29.6. The molecule has 0 bridgehead atoms. The second-order valence-electron chi connectivity index (χ2n) is 18.6. The minimum atomic E-state index is -1.34. The van der Waals surface area contributed by atoms with E-state index in [0.29, 0.717) is 15.4 Å². The van der Waals surface area contributed by atoms with Crippen molar-refractivity contribution in [2.24, 2.45) is 5.92 Å². The Labute approximate surface area is 369 Å². The maximum absolute atomic E-state index is 2.63. The van der Waals surface area contributed by atoms with Crippen molar-refractivity contribution in [2.75, 3.05) is 4.90 Å². The maximum Gasteiger partial charge on any atom is 0.0802 e. The van der Waals surface area contributed by atoms with Crippen molar-refractivity contribution >= 4 is 56.7 Å². The third kappa shape index (κ3) is 6.89. The second-order valence-corrected chi connectivity index (χ2v) is 24.7. The van der Waals surface area contributed by atoms with E-state index >= 15 is 0 Å². The van der Waals surface area contributed by atoms with Gasteiger partial charge in [0, 0.05) is 27.9 Å². The van der Waals surface area contributed by atoms with Crippen LogP contribution >= 0.6 is 0 Å². The molecule has 0 fully saturated rings. The van der Waals surface area contributed by atoms with E-state index in [-0.39, 0.29) is 10.8 Å². The molecule has 3 aliphatic rings. The van der Waals surface area contributed by atoms with E-state index < -0.39 is 8.07 Å². The minimum Gasteiger partial charge on any atom is -0.311 e. The lowest BCUT2D eigenvalue weighted by atomic mass is 9.71. The fourth-order valence-electron chi connectivity index (χ4n) is 11.1. The van der Waals surface area contributed by atoms with E-state index in [9.17, 15) is 0 Å². The highest BCUT2D eigenvalue weighted by atomic mass is 28.3. The van der Waals surface area contributed by atoms with Crippen molar-refractivity contribution < 1.29 is 0 Å². The fourth-order valence-corrected chi connectivity index (χ4v) is 13.0. The molecule has 0 spiro atoms. The molecule has 0 aliphatic heterocycles. The molecule has 6 aromatic carbocycles. The van der Waals surface area contributed by atoms with Gasteiger partial charge in [0.2, 0.25) is 0 Å². The summed E-state index contributed by atoms with van der Waals surface area (Å²) < 4.78 is 0. The van der Waals surface area contributed by atoms with Crippen LogP contribution in [0.3, 0.4) is 0 Å². The molecule has 61 heavy (non-hydrogen) atoms. The van der Waals surface area contributed by atoms with Gasteiger partial charge in [-0.25, -0.2) is 0 Å². The quantitative estimate of drug-likeness (QED) is 0.111. The minimum absolute atomic E-state index is 0.0388. The van der Waals surface area contributed by atoms with E-state index in [1.54, 1.807) is 5.57 Å². The van der Waals surface area contributed by atoms with Crippen LogP contribution in [-0.4, -0.2) is 17.6 Å². The van der Waals surface area contributed by atoms with E-state index in [1.807, 2.05) is 0 Å². The number of hydrogen-bond acceptors (Lipinski definition) is 1. The molecule has 1 nitrogen and oxygen atoms in total. The van der Waals surface area contributed by atoms with Gasteiger partial charge in [-0.1, -0.05) is 180 Å². The number of allylic oxidation sites excluding steroid dienone is 5. The van der Waals surface area contributed by atoms with Gasteiger partial charge in [0.25, 0.3) is 0 Å². The molecular weight excluding hydrogens is 767 g/mol. The lowest BCUT2D eigenvalue weighted by Gasteiger charge is -2.32. The normalized spacial score (nSPS) is 17.0. The van der Waals surface area contributed by atoms with Gasteiger partial charge < -0.3 is 4.90 Å². The van der Waals surface area contributed by atoms with Crippen LogP contribution < -0.4 is 15.3 Å². The van der Waals surface area contributed by atoms with Crippen LogP contribution in [0.4, 0.5) is 17.1 Å². The first-order valence-electron chi connectivity index (χ1n) is 22.9. The highest BCUT2D eigenvalue weighted by Gasteiger charge is 2.44. The van der Waals surface area contributed by atoms with E-state index in [1.165, 1.54) is 83.1 Å². The molecule has 0 saturated carbocycles. The van der Waals surface area contributed by atoms with Crippen molar-refractivity contribution in [3.05, 3.63) is 185 Å². The monoisotopic (exact) mass is 827 g/mol. The number of anilines is 3. The molecule has 9 rings (SSSR count). The average molecular weight is 828 g/mol. The number of fused-ring (bicyclic) bond motifs is 6. The number of nitrogens with zero attached hydrogens (tertiary/aromatic N) is 1. The summed E-state index contributed by atoms with van der Waals surface area (Å²) in [5, 5.41) is 2.90. The highest BCUT2D eigenvalue weighted by Crippen LogP contribution is 2.57. The maximum atomic E-state index is 2.63. The van der Waals surface area contributed by atoms with Crippen molar-refractivity contribution in [1.82, 2.24) is 0 Å². The van der Waals surface area contributed by atoms with Gasteiger partial charge in [-0.3, -0.25) is 0 Å². The van der Waals surface area contributed by atoms with Gasteiger partial charge in [-0.2, -0.15) is 0 Å². The number of para-hydroxylation sites is 2. The summed E-state index contributed by atoms with van der Waals surface area (Å²) in [4.78, 5) is 2.47. The molecule has 3 aliphatic carbocycles. The van der Waals surface area contributed by atoms with E-state index in [2.05, 4.69) is 217 Å². The van der Waals surface area contributed by atoms with Crippen molar-refractivity contribution in [2.45, 2.75) is 96.8 Å². The summed E-state index contributed by atoms with van der Waals surface area (Å²) in [7, 11) is -0.634. The lowest BCUT2D eigenvalue weighted by molar-refractivity contribution is 0.485. The highest BCUT2D eigenvalue weighted by molar-refractivity contribution is 6.88. The Bertz CT molecular complexity index is 2680. The van der Waals surface area contributed by atoms with Crippen molar-refractivity contribution in [3.8, 4) is 22.3 Å². The molecule has 6 aromatic rings. The lowest BCUT2D eigenvalue weighted by Crippen LogP contribution is -2.37. The van der Waals surface area contributed by atoms with Crippen LogP contribution in [0.15, 0.2) is 157 Å². The smallest absolute Gasteiger partial charge is 0.0802 e. The molecule has 3 heteroatoms. The molecule has 2 radical (unpaired) electrons. The van der Waals surface area contributed by atoms with Crippen LogP contribution in [0.5, 0.6) is 0 Å². The molecule has 1 atom stereocenters. The van der Waals surface area contributed by atoms with Crippen LogP contribution in [-0.2, 0) is 10.8 Å². The number of benzene rings is 6. The third-order valence-electron chi connectivity index (χ3n) is 14.7. The molecular formula is C58H61NSi2. The Hall–Kier alpha value is -5.23. The first-order valence-corrected chi connectivity index (χ1v) is 27.9. The van der Waals surface area contributed by atoms with Gasteiger partial charge in [0.05, 0.1) is 17.6 Å². The second kappa shape index (κ2) is 16.2. The van der Waals surface area contributed by atoms with E-state index in [0.717, 1.165) is 32.1 Å². The Morgan fingerprint density at radius 3 is 1.93 bits per heavy atom. The van der Waals surface area contributed by atoms with Gasteiger partial charge >= 0.3 is 0 Å². The molecule has 0 aromatic heterocycles. The zero-order chi connectivity index (χ0) is 42.5. The van der Waals surface area contributed by atoms with Gasteiger partial charge in [-0.15, -0.1) is 0 Å². The van der Waals surface area contributed by atoms with Crippen LogP contribution in [0.25, 0.3) is 33.9 Å². The van der Waals surface area contributed by atoms with Gasteiger partial charge in [0.1, 0.15) is 0 Å². The zero-order valence-electron chi connectivity index (χ0n) is 37.6. The Morgan fingerprint density at radius 2 is 1.25 bits per heavy atom. The predicted octanol–water partition coefficient (Wildman–Crippen LogP) is 14.9. The zero-order valence-corrected chi connectivity index (χ0v) is 39.6. The molecule has 306 valence electrons. The van der Waals surface area contributed by atoms with E-state index in [4.69, 9.17) is 0 Å². The largest absolute Gasteiger partial charge is 0.311 e. The SMILES string of the molecule is CCC1(CC)C2=CC(/C=C/c3ccc4c(c3)C(CC)(CC)c3cc(N(c5ccccc5)c5ccccc5[Si]C)ccc3-4)CC=C2c2ccc(-c3ccc([Si](C)(C)C)cc3)cc21. The average Bonchev–Trinajstić information content (AvgIpc) is 3.74. The van der Waals surface area contributed by atoms with Crippen LogP contribution in [0, 0.1) is 5.92 Å². The van der Waals surface area contributed by atoms with Gasteiger partial charge in [-0.05, 0) is 141 Å². The van der Waals surface area contributed by atoms with Gasteiger partial charge in [0.15, 0.2) is 0 Å². The summed E-state index contributed by atoms with van der Waals surface area (Å²) in [5.41, 5.74) is 19.3. The summed E-state index contributed by atoms with van der Waals surface area (Å²) in [5.74, 6) is 0.366. The first kappa shape index (κ1) is 41.1. The standard InChI is InChI=1S/C58H61NSi2/c1-9-57(10-2)51-36-40(24-32-47(51)49-34-28-43(38-53(49)57)42-26-30-46(31-27-42)61(6,7)8)22-23-41-25-33-48-50-35-29-45(39-54(50)58(11-3,12-4)52(48)37-41)59(44-18-14-13-15-19-44)55-20-16-17-21-56(55)60-5/h13-23,25-40H,9-12,24H2,1-8H3/b23-22+. The Kier molecular flexibility index (Phi) is 10.9. The fraction of sp³-hybridized carbons (Fsp3) is 0.276. The summed E-state index contributed by atoms with van der Waals surface area (Å²) in [6.45, 7) is 19.1. The number of rotatable bonds is 12.